The number of benzene rings is 4. The van der Waals surface area contributed by atoms with Crippen LogP contribution >= 0.6 is 0 Å². The summed E-state index contributed by atoms with van der Waals surface area (Å²) in [5, 5.41) is 0. The van der Waals surface area contributed by atoms with E-state index >= 15 is 0 Å². The van der Waals surface area contributed by atoms with Crippen LogP contribution in [0.25, 0.3) is 0 Å². The average molecular weight is 455 g/mol. The molecule has 0 aliphatic rings. The summed E-state index contributed by atoms with van der Waals surface area (Å²) >= 11 is 0. The molecule has 0 saturated carbocycles. The molecule has 33 heavy (non-hydrogen) atoms. The van der Waals surface area contributed by atoms with E-state index in [0.29, 0.717) is 6.42 Å². The fourth-order valence-corrected chi connectivity index (χ4v) is 4.70. The summed E-state index contributed by atoms with van der Waals surface area (Å²) in [6, 6.07) is 35.7. The summed E-state index contributed by atoms with van der Waals surface area (Å²) < 4.78 is 30.0. The SMILES string of the molecule is Cc1ccc(S(=O)(=O)O/C=C/Cc2ccccc2C(c2ccccc2)c2ccccc2)cc1. The molecule has 0 aliphatic carbocycles. The van der Waals surface area contributed by atoms with E-state index in [0.717, 1.165) is 11.1 Å². The predicted octanol–water partition coefficient (Wildman–Crippen LogP) is 6.64. The van der Waals surface area contributed by atoms with Crippen molar-refractivity contribution < 1.29 is 12.6 Å². The molecule has 0 bridgehead atoms. The van der Waals surface area contributed by atoms with Crippen LogP contribution in [0.3, 0.4) is 0 Å². The smallest absolute Gasteiger partial charge is 0.338 e. The lowest BCUT2D eigenvalue weighted by Gasteiger charge is -2.21. The van der Waals surface area contributed by atoms with E-state index < -0.39 is 10.1 Å². The van der Waals surface area contributed by atoms with Crippen LogP contribution in [0, 0.1) is 6.92 Å². The molecule has 0 N–H and O–H groups in total. The molecule has 4 aromatic rings. The highest BCUT2D eigenvalue weighted by Gasteiger charge is 2.19. The van der Waals surface area contributed by atoms with Gasteiger partial charge in [-0.15, -0.1) is 0 Å². The molecule has 0 amide bonds. The first-order chi connectivity index (χ1) is 16.0. The van der Waals surface area contributed by atoms with Crippen molar-refractivity contribution in [1.29, 1.82) is 0 Å². The monoisotopic (exact) mass is 454 g/mol. The quantitative estimate of drug-likeness (QED) is 0.170. The fourth-order valence-electron chi connectivity index (χ4n) is 3.89. The first-order valence-corrected chi connectivity index (χ1v) is 12.3. The Kier molecular flexibility index (Phi) is 7.06. The fraction of sp³-hybridized carbons (Fsp3) is 0.103. The topological polar surface area (TPSA) is 43.4 Å². The Bertz CT molecular complexity index is 1270. The third-order valence-electron chi connectivity index (χ3n) is 5.56. The Hall–Kier alpha value is -3.63. The van der Waals surface area contributed by atoms with Gasteiger partial charge in [-0.25, -0.2) is 0 Å². The van der Waals surface area contributed by atoms with Crippen LogP contribution in [0.4, 0.5) is 0 Å². The van der Waals surface area contributed by atoms with E-state index in [9.17, 15) is 8.42 Å². The molecule has 0 saturated heterocycles. The van der Waals surface area contributed by atoms with Crippen LogP contribution in [0.5, 0.6) is 0 Å². The standard InChI is InChI=1S/C29H26O3S/c1-23-18-20-27(21-19-23)33(30,31)32-22-10-16-24-11-8-9-17-28(24)29(25-12-4-2-5-13-25)26-14-6-3-7-15-26/h2-15,17-22,29H,16H2,1H3/b22-10+. The molecule has 0 aliphatic heterocycles. The molecule has 0 heterocycles. The molecular formula is C29H26O3S. The highest BCUT2D eigenvalue weighted by molar-refractivity contribution is 7.86. The number of rotatable bonds is 8. The third kappa shape index (κ3) is 5.60. The molecule has 4 rings (SSSR count). The maximum atomic E-state index is 12.4. The van der Waals surface area contributed by atoms with Crippen LogP contribution in [0.2, 0.25) is 0 Å². The first-order valence-electron chi connectivity index (χ1n) is 10.9. The largest absolute Gasteiger partial charge is 0.387 e. The molecule has 0 aromatic heterocycles. The Balaban J connectivity index is 1.58. The molecular weight excluding hydrogens is 428 g/mol. The van der Waals surface area contributed by atoms with Crippen LogP contribution in [0.15, 0.2) is 126 Å². The molecule has 0 atom stereocenters. The minimum absolute atomic E-state index is 0.0780. The maximum Gasteiger partial charge on any atom is 0.338 e. The minimum atomic E-state index is -3.83. The lowest BCUT2D eigenvalue weighted by atomic mass is 9.82. The van der Waals surface area contributed by atoms with Gasteiger partial charge in [0.1, 0.15) is 11.2 Å². The van der Waals surface area contributed by atoms with Gasteiger partial charge in [0.25, 0.3) is 0 Å². The molecule has 0 unspecified atom stereocenters. The summed E-state index contributed by atoms with van der Waals surface area (Å²) in [7, 11) is -3.83. The van der Waals surface area contributed by atoms with Gasteiger partial charge in [0.2, 0.25) is 0 Å². The van der Waals surface area contributed by atoms with Gasteiger partial charge in [-0.3, -0.25) is 0 Å². The minimum Gasteiger partial charge on any atom is -0.387 e. The summed E-state index contributed by atoms with van der Waals surface area (Å²) in [5.74, 6) is 0.0780. The second-order valence-corrected chi connectivity index (χ2v) is 9.46. The van der Waals surface area contributed by atoms with Crippen molar-refractivity contribution in [2.45, 2.75) is 24.2 Å². The van der Waals surface area contributed by atoms with Crippen molar-refractivity contribution >= 4 is 10.1 Å². The van der Waals surface area contributed by atoms with E-state index in [1.165, 1.54) is 23.0 Å². The van der Waals surface area contributed by atoms with E-state index in [4.69, 9.17) is 4.18 Å². The lowest BCUT2D eigenvalue weighted by molar-refractivity contribution is 0.442. The molecule has 0 radical (unpaired) electrons. The Morgan fingerprint density at radius 2 is 1.27 bits per heavy atom. The van der Waals surface area contributed by atoms with Gasteiger partial charge in [-0.05, 0) is 53.8 Å². The van der Waals surface area contributed by atoms with E-state index in [-0.39, 0.29) is 10.8 Å². The van der Waals surface area contributed by atoms with Gasteiger partial charge in [0, 0.05) is 5.92 Å². The third-order valence-corrected chi connectivity index (χ3v) is 6.77. The molecule has 4 aromatic carbocycles. The lowest BCUT2D eigenvalue weighted by Crippen LogP contribution is -2.06. The zero-order valence-electron chi connectivity index (χ0n) is 18.5. The molecule has 3 nitrogen and oxygen atoms in total. The van der Waals surface area contributed by atoms with Crippen molar-refractivity contribution in [2.75, 3.05) is 0 Å². The average Bonchev–Trinajstić information content (AvgIpc) is 2.84. The van der Waals surface area contributed by atoms with Gasteiger partial charge in [0.05, 0.1) is 0 Å². The van der Waals surface area contributed by atoms with Crippen molar-refractivity contribution in [3.05, 3.63) is 149 Å². The van der Waals surface area contributed by atoms with Crippen molar-refractivity contribution in [2.24, 2.45) is 0 Å². The van der Waals surface area contributed by atoms with Gasteiger partial charge in [-0.1, -0.05) is 103 Å². The van der Waals surface area contributed by atoms with Crippen molar-refractivity contribution in [3.63, 3.8) is 0 Å². The Morgan fingerprint density at radius 3 is 1.88 bits per heavy atom. The van der Waals surface area contributed by atoms with Gasteiger partial charge >= 0.3 is 10.1 Å². The normalized spacial score (nSPS) is 11.7. The Labute approximate surface area is 196 Å². The molecule has 166 valence electrons. The number of allylic oxidation sites excluding steroid dienone is 1. The summed E-state index contributed by atoms with van der Waals surface area (Å²) in [6.45, 7) is 1.91. The highest BCUT2D eigenvalue weighted by atomic mass is 32.2. The molecule has 0 fully saturated rings. The van der Waals surface area contributed by atoms with Crippen LogP contribution in [0.1, 0.15) is 33.7 Å². The Morgan fingerprint density at radius 1 is 0.727 bits per heavy atom. The van der Waals surface area contributed by atoms with Gasteiger partial charge < -0.3 is 4.18 Å². The van der Waals surface area contributed by atoms with Crippen LogP contribution < -0.4 is 0 Å². The van der Waals surface area contributed by atoms with Gasteiger partial charge in [0.15, 0.2) is 0 Å². The highest BCUT2D eigenvalue weighted by Crippen LogP contribution is 2.34. The second-order valence-electron chi connectivity index (χ2n) is 7.89. The second kappa shape index (κ2) is 10.3. The summed E-state index contributed by atoms with van der Waals surface area (Å²) in [6.07, 6.45) is 3.57. The van der Waals surface area contributed by atoms with E-state index in [1.54, 1.807) is 30.3 Å². The summed E-state index contributed by atoms with van der Waals surface area (Å²) in [5.41, 5.74) is 5.70. The number of aryl methyl sites for hydroxylation is 1. The van der Waals surface area contributed by atoms with Crippen molar-refractivity contribution in [3.8, 4) is 0 Å². The number of hydrogen-bond acceptors (Lipinski definition) is 3. The van der Waals surface area contributed by atoms with Gasteiger partial charge in [-0.2, -0.15) is 8.42 Å². The summed E-state index contributed by atoms with van der Waals surface area (Å²) in [4.78, 5) is 0.145. The maximum absolute atomic E-state index is 12.4. The van der Waals surface area contributed by atoms with Crippen LogP contribution in [-0.2, 0) is 20.7 Å². The zero-order valence-corrected chi connectivity index (χ0v) is 19.3. The molecule has 0 spiro atoms. The predicted molar refractivity (Wildman–Crippen MR) is 133 cm³/mol. The first kappa shape index (κ1) is 22.6. The zero-order chi connectivity index (χ0) is 23.1. The molecule has 4 heteroatoms. The van der Waals surface area contributed by atoms with E-state index in [1.807, 2.05) is 31.2 Å². The van der Waals surface area contributed by atoms with E-state index in [2.05, 4.69) is 60.7 Å². The van der Waals surface area contributed by atoms with Crippen LogP contribution in [-0.4, -0.2) is 8.42 Å². The number of hydrogen-bond donors (Lipinski definition) is 0. The van der Waals surface area contributed by atoms with Crippen molar-refractivity contribution in [1.82, 2.24) is 0 Å².